The van der Waals surface area contributed by atoms with Gasteiger partial charge in [0, 0.05) is 18.1 Å². The molecule has 0 aromatic rings. The number of hydrogen-bond acceptors (Lipinski definition) is 2. The zero-order valence-corrected chi connectivity index (χ0v) is 9.33. The first kappa shape index (κ1) is 9.64. The minimum Gasteiger partial charge on any atom is -0.353 e. The number of carbonyl (C=O) groups excluding carboxylic acids is 1. The van der Waals surface area contributed by atoms with Gasteiger partial charge in [-0.15, -0.1) is 0 Å². The zero-order chi connectivity index (χ0) is 10.4. The molecule has 3 fully saturated rings. The molecule has 2 aliphatic heterocycles. The molecule has 3 heteroatoms. The van der Waals surface area contributed by atoms with Crippen molar-refractivity contribution in [2.45, 2.75) is 57.2 Å². The average Bonchev–Trinajstić information content (AvgIpc) is 2.75. The van der Waals surface area contributed by atoms with E-state index in [0.717, 1.165) is 12.3 Å². The molecule has 3 atom stereocenters. The van der Waals surface area contributed by atoms with Crippen molar-refractivity contribution in [3.05, 3.63) is 0 Å². The molecular weight excluding hydrogens is 188 g/mol. The minimum absolute atomic E-state index is 0.264. The Morgan fingerprint density at radius 2 is 2.07 bits per heavy atom. The third kappa shape index (κ3) is 1.67. The van der Waals surface area contributed by atoms with Crippen LogP contribution < -0.4 is 10.6 Å². The number of hydrogen-bond donors (Lipinski definition) is 2. The summed E-state index contributed by atoms with van der Waals surface area (Å²) in [7, 11) is 0. The standard InChI is InChI=1S/C12H20N2O/c1-7-4-9(5-7)14-12(15)10-6-8-2-3-11(10)13-8/h7-11,13H,2-6H2,1H3,(H,14,15). The van der Waals surface area contributed by atoms with Crippen molar-refractivity contribution in [3.8, 4) is 0 Å². The van der Waals surface area contributed by atoms with Gasteiger partial charge in [0.25, 0.3) is 0 Å². The summed E-state index contributed by atoms with van der Waals surface area (Å²) in [6, 6.07) is 1.59. The Balaban J connectivity index is 1.52. The van der Waals surface area contributed by atoms with Gasteiger partial charge in [-0.05, 0) is 38.0 Å². The van der Waals surface area contributed by atoms with Gasteiger partial charge < -0.3 is 10.6 Å². The topological polar surface area (TPSA) is 41.1 Å². The Bertz CT molecular complexity index is 273. The quantitative estimate of drug-likeness (QED) is 0.712. The Morgan fingerprint density at radius 1 is 1.27 bits per heavy atom. The summed E-state index contributed by atoms with van der Waals surface area (Å²) in [4.78, 5) is 12.0. The van der Waals surface area contributed by atoms with Crippen LogP contribution in [0, 0.1) is 11.8 Å². The molecule has 0 aromatic carbocycles. The largest absolute Gasteiger partial charge is 0.353 e. The lowest BCUT2D eigenvalue weighted by Crippen LogP contribution is -2.47. The van der Waals surface area contributed by atoms with Crippen molar-refractivity contribution in [1.82, 2.24) is 10.6 Å². The van der Waals surface area contributed by atoms with Gasteiger partial charge in [-0.25, -0.2) is 0 Å². The Morgan fingerprint density at radius 3 is 2.60 bits per heavy atom. The minimum atomic E-state index is 0.264. The summed E-state index contributed by atoms with van der Waals surface area (Å²) in [5, 5.41) is 6.71. The molecule has 15 heavy (non-hydrogen) atoms. The molecule has 1 amide bonds. The normalized spacial score (nSPS) is 47.7. The van der Waals surface area contributed by atoms with Crippen LogP contribution >= 0.6 is 0 Å². The molecule has 3 nitrogen and oxygen atoms in total. The molecule has 1 aliphatic carbocycles. The van der Waals surface area contributed by atoms with Crippen LogP contribution in [0.25, 0.3) is 0 Å². The summed E-state index contributed by atoms with van der Waals surface area (Å²) in [5.74, 6) is 1.39. The van der Waals surface area contributed by atoms with Gasteiger partial charge >= 0.3 is 0 Å². The number of amides is 1. The van der Waals surface area contributed by atoms with Crippen LogP contribution in [-0.4, -0.2) is 24.0 Å². The van der Waals surface area contributed by atoms with Crippen LogP contribution in [0.15, 0.2) is 0 Å². The van der Waals surface area contributed by atoms with E-state index < -0.39 is 0 Å². The first-order valence-corrected chi connectivity index (χ1v) is 6.29. The van der Waals surface area contributed by atoms with E-state index >= 15 is 0 Å². The lowest BCUT2D eigenvalue weighted by Gasteiger charge is -2.34. The molecule has 84 valence electrons. The first-order valence-electron chi connectivity index (χ1n) is 6.29. The van der Waals surface area contributed by atoms with Gasteiger partial charge in [0.2, 0.25) is 5.91 Å². The average molecular weight is 208 g/mol. The van der Waals surface area contributed by atoms with E-state index in [1.165, 1.54) is 25.7 Å². The maximum Gasteiger partial charge on any atom is 0.224 e. The van der Waals surface area contributed by atoms with Crippen LogP contribution in [0.4, 0.5) is 0 Å². The Labute approximate surface area is 91.0 Å². The third-order valence-corrected chi connectivity index (χ3v) is 4.36. The molecule has 3 rings (SSSR count). The lowest BCUT2D eigenvalue weighted by atomic mass is 9.81. The van der Waals surface area contributed by atoms with Crippen molar-refractivity contribution < 1.29 is 4.79 Å². The monoisotopic (exact) mass is 208 g/mol. The molecular formula is C12H20N2O. The molecule has 2 N–H and O–H groups in total. The maximum atomic E-state index is 12.0. The Kier molecular flexibility index (Phi) is 2.23. The summed E-state index contributed by atoms with van der Waals surface area (Å²) >= 11 is 0. The lowest BCUT2D eigenvalue weighted by molar-refractivity contribution is -0.127. The number of rotatable bonds is 2. The Hall–Kier alpha value is -0.570. The fourth-order valence-corrected chi connectivity index (χ4v) is 3.44. The van der Waals surface area contributed by atoms with Gasteiger partial charge in [-0.2, -0.15) is 0 Å². The number of carbonyl (C=O) groups is 1. The van der Waals surface area contributed by atoms with Crippen LogP contribution in [0.2, 0.25) is 0 Å². The highest BCUT2D eigenvalue weighted by Gasteiger charge is 2.43. The molecule has 3 aliphatic rings. The van der Waals surface area contributed by atoms with E-state index in [-0.39, 0.29) is 5.92 Å². The van der Waals surface area contributed by atoms with E-state index in [4.69, 9.17) is 0 Å². The van der Waals surface area contributed by atoms with Crippen molar-refractivity contribution in [2.75, 3.05) is 0 Å². The van der Waals surface area contributed by atoms with E-state index in [2.05, 4.69) is 17.6 Å². The van der Waals surface area contributed by atoms with Crippen molar-refractivity contribution in [2.24, 2.45) is 11.8 Å². The van der Waals surface area contributed by atoms with E-state index in [1.807, 2.05) is 0 Å². The van der Waals surface area contributed by atoms with E-state index in [9.17, 15) is 4.79 Å². The second-order valence-corrected chi connectivity index (χ2v) is 5.67. The van der Waals surface area contributed by atoms with Gasteiger partial charge in [0.1, 0.15) is 0 Å². The highest BCUT2D eigenvalue weighted by Crippen LogP contribution is 2.34. The molecule has 0 spiro atoms. The number of fused-ring (bicyclic) bond motifs is 2. The second kappa shape index (κ2) is 3.48. The third-order valence-electron chi connectivity index (χ3n) is 4.36. The molecule has 0 aromatic heterocycles. The zero-order valence-electron chi connectivity index (χ0n) is 9.33. The molecule has 2 bridgehead atoms. The van der Waals surface area contributed by atoms with Crippen molar-refractivity contribution in [3.63, 3.8) is 0 Å². The maximum absolute atomic E-state index is 12.0. The highest BCUT2D eigenvalue weighted by molar-refractivity contribution is 5.80. The van der Waals surface area contributed by atoms with Crippen LogP contribution in [0.1, 0.15) is 39.0 Å². The fourth-order valence-electron chi connectivity index (χ4n) is 3.44. The van der Waals surface area contributed by atoms with Gasteiger partial charge in [0.15, 0.2) is 0 Å². The van der Waals surface area contributed by atoms with E-state index in [0.29, 0.717) is 24.0 Å². The van der Waals surface area contributed by atoms with Gasteiger partial charge in [0.05, 0.1) is 5.92 Å². The SMILES string of the molecule is CC1CC(NC(=O)C2CC3CCC2N3)C1. The summed E-state index contributed by atoms with van der Waals surface area (Å²) < 4.78 is 0. The van der Waals surface area contributed by atoms with Crippen LogP contribution in [-0.2, 0) is 4.79 Å². The molecule has 3 unspecified atom stereocenters. The molecule has 1 saturated carbocycles. The fraction of sp³-hybridized carbons (Fsp3) is 0.917. The van der Waals surface area contributed by atoms with Crippen LogP contribution in [0.3, 0.4) is 0 Å². The highest BCUT2D eigenvalue weighted by atomic mass is 16.2. The van der Waals surface area contributed by atoms with Crippen LogP contribution in [0.5, 0.6) is 0 Å². The van der Waals surface area contributed by atoms with Gasteiger partial charge in [-0.1, -0.05) is 6.92 Å². The molecule has 2 saturated heterocycles. The molecule has 0 radical (unpaired) electrons. The predicted molar refractivity (Wildman–Crippen MR) is 58.4 cm³/mol. The molecule has 2 heterocycles. The smallest absolute Gasteiger partial charge is 0.224 e. The van der Waals surface area contributed by atoms with Gasteiger partial charge in [-0.3, -0.25) is 4.79 Å². The summed E-state index contributed by atoms with van der Waals surface area (Å²) in [5.41, 5.74) is 0. The number of nitrogens with one attached hydrogen (secondary N) is 2. The second-order valence-electron chi connectivity index (χ2n) is 5.67. The predicted octanol–water partition coefficient (Wildman–Crippen LogP) is 1.04. The summed E-state index contributed by atoms with van der Waals surface area (Å²) in [6.45, 7) is 2.25. The van der Waals surface area contributed by atoms with E-state index in [1.54, 1.807) is 0 Å². The summed E-state index contributed by atoms with van der Waals surface area (Å²) in [6.07, 6.45) is 5.90. The van der Waals surface area contributed by atoms with Crippen molar-refractivity contribution in [1.29, 1.82) is 0 Å². The van der Waals surface area contributed by atoms with Crippen molar-refractivity contribution >= 4 is 5.91 Å². The first-order chi connectivity index (χ1) is 7.22.